The molecule has 1 aromatic rings. The summed E-state index contributed by atoms with van der Waals surface area (Å²) in [5, 5.41) is 6.44. The zero-order valence-corrected chi connectivity index (χ0v) is 12.6. The first kappa shape index (κ1) is 15.6. The maximum atomic E-state index is 12.2. The quantitative estimate of drug-likeness (QED) is 0.749. The molecule has 0 aliphatic carbocycles. The number of nitrogens with one attached hydrogen (secondary N) is 2. The van der Waals surface area contributed by atoms with E-state index in [9.17, 15) is 9.59 Å². The molecule has 1 aliphatic rings. The first-order chi connectivity index (χ1) is 10.0. The predicted octanol–water partition coefficient (Wildman–Crippen LogP) is 0.353. The first-order valence-electron chi connectivity index (χ1n) is 6.89. The summed E-state index contributed by atoms with van der Waals surface area (Å²) in [7, 11) is 0. The zero-order chi connectivity index (χ0) is 15.4. The zero-order valence-electron chi connectivity index (χ0n) is 11.9. The van der Waals surface area contributed by atoms with Gasteiger partial charge in [0.05, 0.1) is 11.3 Å². The molecular formula is C14H19ClN4O2. The predicted molar refractivity (Wildman–Crippen MR) is 82.7 cm³/mol. The van der Waals surface area contributed by atoms with Gasteiger partial charge >= 0.3 is 0 Å². The molecule has 0 saturated carbocycles. The van der Waals surface area contributed by atoms with Crippen LogP contribution in [0.25, 0.3) is 0 Å². The van der Waals surface area contributed by atoms with Crippen molar-refractivity contribution in [3.8, 4) is 0 Å². The number of amides is 2. The van der Waals surface area contributed by atoms with Crippen molar-refractivity contribution < 1.29 is 9.59 Å². The Morgan fingerprint density at radius 2 is 2.29 bits per heavy atom. The van der Waals surface area contributed by atoms with E-state index in [0.29, 0.717) is 35.9 Å². The van der Waals surface area contributed by atoms with Gasteiger partial charge in [-0.2, -0.15) is 0 Å². The van der Waals surface area contributed by atoms with E-state index < -0.39 is 5.91 Å². The van der Waals surface area contributed by atoms with E-state index in [0.717, 1.165) is 6.54 Å². The van der Waals surface area contributed by atoms with E-state index in [-0.39, 0.29) is 11.9 Å². The van der Waals surface area contributed by atoms with Gasteiger partial charge in [-0.05, 0) is 25.1 Å². The SMILES string of the molecule is CCNC(=O)C1CNCCN1c1ccc(Cl)cc1C(N)=O. The van der Waals surface area contributed by atoms with Crippen molar-refractivity contribution >= 4 is 29.1 Å². The van der Waals surface area contributed by atoms with Gasteiger partial charge in [0.2, 0.25) is 5.91 Å². The number of anilines is 1. The second kappa shape index (κ2) is 6.78. The van der Waals surface area contributed by atoms with Gasteiger partial charge in [0, 0.05) is 31.2 Å². The summed E-state index contributed by atoms with van der Waals surface area (Å²) >= 11 is 5.93. The molecule has 7 heteroatoms. The fraction of sp³-hybridized carbons (Fsp3) is 0.429. The molecule has 0 spiro atoms. The number of nitrogens with two attached hydrogens (primary N) is 1. The highest BCUT2D eigenvalue weighted by Gasteiger charge is 2.30. The second-order valence-corrected chi connectivity index (χ2v) is 5.27. The molecule has 0 aromatic heterocycles. The first-order valence-corrected chi connectivity index (χ1v) is 7.26. The van der Waals surface area contributed by atoms with Crippen molar-refractivity contribution in [2.75, 3.05) is 31.1 Å². The summed E-state index contributed by atoms with van der Waals surface area (Å²) in [4.78, 5) is 25.7. The highest BCUT2D eigenvalue weighted by atomic mass is 35.5. The Balaban J connectivity index is 2.37. The standard InChI is InChI=1S/C14H19ClN4O2/c1-2-18-14(21)12-8-17-5-6-19(12)11-4-3-9(15)7-10(11)13(16)20/h3-4,7,12,17H,2,5-6,8H2,1H3,(H2,16,20)(H,18,21). The molecule has 4 N–H and O–H groups in total. The van der Waals surface area contributed by atoms with Crippen molar-refractivity contribution in [1.29, 1.82) is 0 Å². The van der Waals surface area contributed by atoms with Crippen molar-refractivity contribution in [2.45, 2.75) is 13.0 Å². The second-order valence-electron chi connectivity index (χ2n) is 4.83. The molecule has 1 fully saturated rings. The normalized spacial score (nSPS) is 18.4. The number of benzene rings is 1. The fourth-order valence-electron chi connectivity index (χ4n) is 2.48. The summed E-state index contributed by atoms with van der Waals surface area (Å²) in [5.41, 5.74) is 6.41. The van der Waals surface area contributed by atoms with E-state index in [1.165, 1.54) is 6.07 Å². The van der Waals surface area contributed by atoms with Gasteiger partial charge in [-0.25, -0.2) is 0 Å². The van der Waals surface area contributed by atoms with Gasteiger partial charge < -0.3 is 21.3 Å². The Labute approximate surface area is 128 Å². The van der Waals surface area contributed by atoms with Gasteiger partial charge in [-0.1, -0.05) is 11.6 Å². The number of rotatable bonds is 4. The number of hydrogen-bond donors (Lipinski definition) is 3. The molecule has 1 atom stereocenters. The molecule has 21 heavy (non-hydrogen) atoms. The number of hydrogen-bond acceptors (Lipinski definition) is 4. The minimum Gasteiger partial charge on any atom is -0.366 e. The third kappa shape index (κ3) is 3.46. The average molecular weight is 311 g/mol. The van der Waals surface area contributed by atoms with Crippen LogP contribution in [0.3, 0.4) is 0 Å². The van der Waals surface area contributed by atoms with Crippen molar-refractivity contribution in [3.63, 3.8) is 0 Å². The summed E-state index contributed by atoms with van der Waals surface area (Å²) < 4.78 is 0. The number of halogens is 1. The number of primary amides is 1. The summed E-state index contributed by atoms with van der Waals surface area (Å²) in [5.74, 6) is -0.629. The molecule has 1 aromatic carbocycles. The number of carbonyl (C=O) groups excluding carboxylic acids is 2. The van der Waals surface area contributed by atoms with Crippen LogP contribution in [0.5, 0.6) is 0 Å². The van der Waals surface area contributed by atoms with Crippen LogP contribution in [-0.4, -0.2) is 44.0 Å². The van der Waals surface area contributed by atoms with Crippen molar-refractivity contribution in [2.24, 2.45) is 5.73 Å². The highest BCUT2D eigenvalue weighted by molar-refractivity contribution is 6.31. The summed E-state index contributed by atoms with van der Waals surface area (Å²) in [6.45, 7) is 4.30. The lowest BCUT2D eigenvalue weighted by molar-refractivity contribution is -0.122. The minimum absolute atomic E-state index is 0.0740. The maximum absolute atomic E-state index is 12.2. The molecular weight excluding hydrogens is 292 g/mol. The van der Waals surface area contributed by atoms with Crippen LogP contribution in [0, 0.1) is 0 Å². The fourth-order valence-corrected chi connectivity index (χ4v) is 2.65. The van der Waals surface area contributed by atoms with Gasteiger partial charge in [-0.3, -0.25) is 9.59 Å². The van der Waals surface area contributed by atoms with Crippen LogP contribution < -0.4 is 21.3 Å². The van der Waals surface area contributed by atoms with E-state index in [4.69, 9.17) is 17.3 Å². The monoisotopic (exact) mass is 310 g/mol. The third-order valence-electron chi connectivity index (χ3n) is 3.43. The minimum atomic E-state index is -0.555. The van der Waals surface area contributed by atoms with Crippen LogP contribution >= 0.6 is 11.6 Å². The van der Waals surface area contributed by atoms with Crippen molar-refractivity contribution in [3.05, 3.63) is 28.8 Å². The Bertz CT molecular complexity index is 550. The Morgan fingerprint density at radius 3 is 2.95 bits per heavy atom. The van der Waals surface area contributed by atoms with E-state index >= 15 is 0 Å². The van der Waals surface area contributed by atoms with Crippen LogP contribution in [-0.2, 0) is 4.79 Å². The van der Waals surface area contributed by atoms with Crippen LogP contribution in [0.1, 0.15) is 17.3 Å². The number of piperazine rings is 1. The van der Waals surface area contributed by atoms with Gasteiger partial charge in [0.15, 0.2) is 0 Å². The topological polar surface area (TPSA) is 87.5 Å². The number of carbonyl (C=O) groups is 2. The third-order valence-corrected chi connectivity index (χ3v) is 3.67. The number of nitrogens with zero attached hydrogens (tertiary/aromatic N) is 1. The lowest BCUT2D eigenvalue weighted by Crippen LogP contribution is -2.58. The van der Waals surface area contributed by atoms with Gasteiger partial charge in [0.1, 0.15) is 6.04 Å². The molecule has 0 radical (unpaired) electrons. The average Bonchev–Trinajstić information content (AvgIpc) is 2.47. The van der Waals surface area contributed by atoms with Gasteiger partial charge in [-0.15, -0.1) is 0 Å². The maximum Gasteiger partial charge on any atom is 0.250 e. The lowest BCUT2D eigenvalue weighted by Gasteiger charge is -2.37. The molecule has 1 heterocycles. The largest absolute Gasteiger partial charge is 0.366 e. The molecule has 1 aliphatic heterocycles. The lowest BCUT2D eigenvalue weighted by atomic mass is 10.1. The molecule has 2 rings (SSSR count). The molecule has 0 bridgehead atoms. The summed E-state index contributed by atoms with van der Waals surface area (Å²) in [6.07, 6.45) is 0. The molecule has 1 saturated heterocycles. The Hall–Kier alpha value is -1.79. The van der Waals surface area contributed by atoms with Crippen LogP contribution in [0.2, 0.25) is 5.02 Å². The molecule has 114 valence electrons. The van der Waals surface area contributed by atoms with Crippen molar-refractivity contribution in [1.82, 2.24) is 10.6 Å². The van der Waals surface area contributed by atoms with Crippen LogP contribution in [0.4, 0.5) is 5.69 Å². The molecule has 2 amide bonds. The van der Waals surface area contributed by atoms with E-state index in [1.54, 1.807) is 12.1 Å². The Morgan fingerprint density at radius 1 is 1.52 bits per heavy atom. The Kier molecular flexibility index (Phi) is 5.03. The molecule has 6 nitrogen and oxygen atoms in total. The van der Waals surface area contributed by atoms with Gasteiger partial charge in [0.25, 0.3) is 5.91 Å². The highest BCUT2D eigenvalue weighted by Crippen LogP contribution is 2.26. The van der Waals surface area contributed by atoms with Crippen LogP contribution in [0.15, 0.2) is 18.2 Å². The smallest absolute Gasteiger partial charge is 0.250 e. The van der Waals surface area contributed by atoms with E-state index in [2.05, 4.69) is 10.6 Å². The summed E-state index contributed by atoms with van der Waals surface area (Å²) in [6, 6.07) is 4.59. The van der Waals surface area contributed by atoms with E-state index in [1.807, 2.05) is 11.8 Å². The number of likely N-dealkylation sites (N-methyl/N-ethyl adjacent to an activating group) is 1. The molecule has 1 unspecified atom stereocenters.